The Morgan fingerprint density at radius 3 is 2.43 bits per heavy atom. The van der Waals surface area contributed by atoms with Gasteiger partial charge in [-0.3, -0.25) is 15.1 Å². The molecule has 2 rings (SSSR count). The topological polar surface area (TPSA) is 56.0 Å². The van der Waals surface area contributed by atoms with Crippen LogP contribution in [0.2, 0.25) is 0 Å². The summed E-state index contributed by atoms with van der Waals surface area (Å²) in [4.78, 5) is 13.7. The van der Waals surface area contributed by atoms with Gasteiger partial charge in [-0.1, -0.05) is 25.1 Å². The lowest BCUT2D eigenvalue weighted by Gasteiger charge is -2.15. The summed E-state index contributed by atoms with van der Waals surface area (Å²) in [6, 6.07) is 6.27. The van der Waals surface area contributed by atoms with Crippen LogP contribution in [0.25, 0.3) is 6.08 Å². The van der Waals surface area contributed by atoms with E-state index in [0.717, 1.165) is 17.7 Å². The van der Waals surface area contributed by atoms with Crippen molar-refractivity contribution in [3.8, 4) is 0 Å². The van der Waals surface area contributed by atoms with E-state index >= 15 is 0 Å². The Bertz CT molecular complexity index is 728. The zero-order valence-corrected chi connectivity index (χ0v) is 12.1. The minimum Gasteiger partial charge on any atom is -0.265 e. The molecule has 0 aliphatic heterocycles. The van der Waals surface area contributed by atoms with Crippen molar-refractivity contribution in [2.75, 3.05) is 0 Å². The minimum atomic E-state index is -4.65. The number of halogens is 3. The van der Waals surface area contributed by atoms with Crippen LogP contribution < -0.4 is 0 Å². The number of hydrogen-bond donors (Lipinski definition) is 0. The van der Waals surface area contributed by atoms with Crippen molar-refractivity contribution >= 4 is 11.8 Å². The average molecular weight is 322 g/mol. The second kappa shape index (κ2) is 6.60. The van der Waals surface area contributed by atoms with Gasteiger partial charge in [-0.15, -0.1) is 0 Å². The number of hydrogen-bond acceptors (Lipinski definition) is 3. The molecule has 1 aromatic heterocycles. The maximum absolute atomic E-state index is 13.2. The van der Waals surface area contributed by atoms with Crippen LogP contribution in [-0.2, 0) is 6.18 Å². The first-order chi connectivity index (χ1) is 10.8. The van der Waals surface area contributed by atoms with Crippen molar-refractivity contribution in [3.05, 3.63) is 75.6 Å². The predicted molar refractivity (Wildman–Crippen MR) is 79.8 cm³/mol. The van der Waals surface area contributed by atoms with E-state index in [9.17, 15) is 23.3 Å². The summed E-state index contributed by atoms with van der Waals surface area (Å²) in [6.07, 6.45) is 1.81. The first-order valence-corrected chi connectivity index (χ1v) is 6.73. The summed E-state index contributed by atoms with van der Waals surface area (Å²) in [5.41, 5.74) is -0.763. The maximum Gasteiger partial charge on any atom is 0.416 e. The number of nitro benzene ring substituents is 1. The molecule has 0 fully saturated rings. The molecule has 2 aromatic rings. The molecule has 0 amide bonds. The molecule has 0 N–H and O–H groups in total. The molecular weight excluding hydrogens is 309 g/mol. The van der Waals surface area contributed by atoms with Crippen LogP contribution in [0.15, 0.2) is 48.8 Å². The van der Waals surface area contributed by atoms with Gasteiger partial charge in [-0.05, 0) is 29.2 Å². The number of aromatic nitrogens is 1. The van der Waals surface area contributed by atoms with Crippen molar-refractivity contribution in [3.63, 3.8) is 0 Å². The fourth-order valence-electron chi connectivity index (χ4n) is 2.13. The summed E-state index contributed by atoms with van der Waals surface area (Å²) >= 11 is 0. The van der Waals surface area contributed by atoms with Crippen molar-refractivity contribution in [1.29, 1.82) is 0 Å². The Labute approximate surface area is 130 Å². The molecule has 4 nitrogen and oxygen atoms in total. The lowest BCUT2D eigenvalue weighted by atomic mass is 9.94. The number of allylic oxidation sites excluding steroid dienone is 1. The van der Waals surface area contributed by atoms with E-state index in [0.29, 0.717) is 6.07 Å². The fourth-order valence-corrected chi connectivity index (χ4v) is 2.13. The average Bonchev–Trinajstić information content (AvgIpc) is 2.52. The van der Waals surface area contributed by atoms with Crippen LogP contribution in [0.1, 0.15) is 29.5 Å². The highest BCUT2D eigenvalue weighted by molar-refractivity contribution is 5.51. The third kappa shape index (κ3) is 4.15. The second-order valence-electron chi connectivity index (χ2n) is 4.95. The van der Waals surface area contributed by atoms with Gasteiger partial charge in [0.1, 0.15) is 0 Å². The molecule has 0 radical (unpaired) electrons. The molecule has 1 heterocycles. The Balaban J connectivity index is 2.38. The van der Waals surface area contributed by atoms with Gasteiger partial charge in [0.15, 0.2) is 0 Å². The summed E-state index contributed by atoms with van der Waals surface area (Å²) in [6.45, 7) is 1.61. The number of benzene rings is 1. The van der Waals surface area contributed by atoms with Crippen molar-refractivity contribution in [2.24, 2.45) is 0 Å². The Kier molecular flexibility index (Phi) is 4.78. The molecule has 0 aliphatic rings. The van der Waals surface area contributed by atoms with E-state index in [2.05, 4.69) is 4.98 Å². The van der Waals surface area contributed by atoms with Gasteiger partial charge in [-0.25, -0.2) is 0 Å². The molecule has 1 atom stereocenters. The monoisotopic (exact) mass is 322 g/mol. The van der Waals surface area contributed by atoms with Crippen LogP contribution in [-0.4, -0.2) is 9.91 Å². The Morgan fingerprint density at radius 2 is 1.87 bits per heavy atom. The number of alkyl halides is 3. The molecule has 0 saturated heterocycles. The number of non-ortho nitro benzene ring substituents is 1. The van der Waals surface area contributed by atoms with Crippen LogP contribution in [0.4, 0.5) is 18.9 Å². The lowest BCUT2D eigenvalue weighted by molar-refractivity contribution is -0.385. The first kappa shape index (κ1) is 16.7. The molecule has 0 saturated carbocycles. The van der Waals surface area contributed by atoms with E-state index in [4.69, 9.17) is 0 Å². The molecule has 23 heavy (non-hydrogen) atoms. The molecule has 0 bridgehead atoms. The molecular formula is C16H13F3N2O2. The third-order valence-corrected chi connectivity index (χ3v) is 3.33. The first-order valence-electron chi connectivity index (χ1n) is 6.73. The van der Waals surface area contributed by atoms with E-state index in [1.54, 1.807) is 43.6 Å². The van der Waals surface area contributed by atoms with E-state index in [-0.39, 0.29) is 5.56 Å². The number of pyridine rings is 1. The predicted octanol–water partition coefficient (Wildman–Crippen LogP) is 4.83. The fraction of sp³-hybridized carbons (Fsp3) is 0.188. The van der Waals surface area contributed by atoms with Gasteiger partial charge in [0.2, 0.25) is 0 Å². The van der Waals surface area contributed by atoms with Gasteiger partial charge >= 0.3 is 6.18 Å². The molecule has 120 valence electrons. The number of nitrogens with zero attached hydrogens (tertiary/aromatic N) is 2. The lowest BCUT2D eigenvalue weighted by Crippen LogP contribution is -2.11. The molecule has 0 aliphatic carbocycles. The zero-order valence-electron chi connectivity index (χ0n) is 12.1. The van der Waals surface area contributed by atoms with Crippen LogP contribution in [0.5, 0.6) is 0 Å². The minimum absolute atomic E-state index is 0.00611. The Hall–Kier alpha value is -2.70. The molecule has 1 unspecified atom stereocenters. The Morgan fingerprint density at radius 1 is 1.22 bits per heavy atom. The standard InChI is InChI=1S/C16H13F3N2O2/c1-11(2-3-12-6-8-20-9-7-12)14-5-4-13(21(22)23)10-15(14)16(17,18)19/h2-11H,1H3/b3-2+. The SMILES string of the molecule is CC(/C=C/c1ccncc1)c1ccc([N+](=O)[O-])cc1C(F)(F)F. The zero-order chi connectivity index (χ0) is 17.0. The van der Waals surface area contributed by atoms with Crippen LogP contribution in [0, 0.1) is 10.1 Å². The van der Waals surface area contributed by atoms with Crippen molar-refractivity contribution in [2.45, 2.75) is 19.0 Å². The van der Waals surface area contributed by atoms with Crippen LogP contribution in [0.3, 0.4) is 0 Å². The van der Waals surface area contributed by atoms with E-state index in [1.165, 1.54) is 0 Å². The highest BCUT2D eigenvalue weighted by Gasteiger charge is 2.35. The van der Waals surface area contributed by atoms with Crippen molar-refractivity contribution in [1.82, 2.24) is 4.98 Å². The molecule has 7 heteroatoms. The van der Waals surface area contributed by atoms with Gasteiger partial charge in [-0.2, -0.15) is 13.2 Å². The largest absolute Gasteiger partial charge is 0.416 e. The number of rotatable bonds is 4. The highest BCUT2D eigenvalue weighted by atomic mass is 19.4. The normalized spacial score (nSPS) is 13.2. The second-order valence-corrected chi connectivity index (χ2v) is 4.95. The quantitative estimate of drug-likeness (QED) is 0.598. The van der Waals surface area contributed by atoms with Gasteiger partial charge in [0.25, 0.3) is 5.69 Å². The highest BCUT2D eigenvalue weighted by Crippen LogP contribution is 2.37. The van der Waals surface area contributed by atoms with Gasteiger partial charge in [0.05, 0.1) is 10.5 Å². The summed E-state index contributed by atoms with van der Waals surface area (Å²) in [5, 5.41) is 10.7. The summed E-state index contributed by atoms with van der Waals surface area (Å²) < 4.78 is 39.5. The molecule has 0 spiro atoms. The van der Waals surface area contributed by atoms with Crippen LogP contribution >= 0.6 is 0 Å². The number of nitro groups is 1. The van der Waals surface area contributed by atoms with E-state index in [1.807, 2.05) is 0 Å². The molecule has 1 aromatic carbocycles. The van der Waals surface area contributed by atoms with E-state index < -0.39 is 28.3 Å². The van der Waals surface area contributed by atoms with Gasteiger partial charge in [0, 0.05) is 24.5 Å². The third-order valence-electron chi connectivity index (χ3n) is 3.33. The maximum atomic E-state index is 13.2. The van der Waals surface area contributed by atoms with Crippen molar-refractivity contribution < 1.29 is 18.1 Å². The smallest absolute Gasteiger partial charge is 0.265 e. The summed E-state index contributed by atoms with van der Waals surface area (Å²) in [5.74, 6) is -0.555. The summed E-state index contributed by atoms with van der Waals surface area (Å²) in [7, 11) is 0. The van der Waals surface area contributed by atoms with Gasteiger partial charge < -0.3 is 0 Å².